The van der Waals surface area contributed by atoms with E-state index >= 15 is 0 Å². The van der Waals surface area contributed by atoms with E-state index in [9.17, 15) is 8.42 Å². The number of sulfonamides is 1. The van der Waals surface area contributed by atoms with Gasteiger partial charge in [0.15, 0.2) is 0 Å². The van der Waals surface area contributed by atoms with Crippen molar-refractivity contribution in [1.29, 1.82) is 0 Å². The Balaban J connectivity index is 2.28. The van der Waals surface area contributed by atoms with Gasteiger partial charge in [-0.05, 0) is 35.0 Å². The van der Waals surface area contributed by atoms with Crippen LogP contribution >= 0.6 is 38.9 Å². The van der Waals surface area contributed by atoms with Gasteiger partial charge in [0.05, 0.1) is 21.1 Å². The smallest absolute Gasteiger partial charge is 0.271 e. The van der Waals surface area contributed by atoms with Crippen molar-refractivity contribution in [3.8, 4) is 0 Å². The Kier molecular flexibility index (Phi) is 5.67. The van der Waals surface area contributed by atoms with E-state index in [0.717, 1.165) is 16.9 Å². The van der Waals surface area contributed by atoms with Crippen LogP contribution in [0.4, 0.5) is 5.69 Å². The summed E-state index contributed by atoms with van der Waals surface area (Å²) in [6.45, 7) is 2.80. The van der Waals surface area contributed by atoms with E-state index in [0.29, 0.717) is 27.7 Å². The first-order chi connectivity index (χ1) is 9.94. The summed E-state index contributed by atoms with van der Waals surface area (Å²) in [5.41, 5.74) is 1.29. The Morgan fingerprint density at radius 1 is 1.38 bits per heavy atom. The van der Waals surface area contributed by atoms with Crippen LogP contribution in [-0.2, 0) is 21.4 Å². The minimum Gasteiger partial charge on any atom is -0.377 e. The Morgan fingerprint density at radius 2 is 2.10 bits per heavy atom. The highest BCUT2D eigenvalue weighted by Crippen LogP contribution is 2.35. The lowest BCUT2D eigenvalue weighted by molar-refractivity contribution is 0.134. The normalized spacial score (nSPS) is 11.6. The van der Waals surface area contributed by atoms with Crippen molar-refractivity contribution in [3.05, 3.63) is 44.7 Å². The topological polar surface area (TPSA) is 55.4 Å². The number of nitrogens with one attached hydrogen (secondary N) is 1. The first-order valence-corrected chi connectivity index (χ1v) is 9.54. The molecule has 114 valence electrons. The molecule has 2 rings (SSSR count). The molecule has 0 saturated heterocycles. The minimum atomic E-state index is -3.66. The molecule has 21 heavy (non-hydrogen) atoms. The molecule has 0 fully saturated rings. The third-order valence-corrected chi connectivity index (χ3v) is 6.92. The van der Waals surface area contributed by atoms with Crippen molar-refractivity contribution in [3.63, 3.8) is 0 Å². The monoisotopic (exact) mass is 409 g/mol. The molecule has 0 aliphatic heterocycles. The number of hydrogen-bond donors (Lipinski definition) is 1. The fraction of sp³-hybridized carbons (Fsp3) is 0.231. The van der Waals surface area contributed by atoms with Crippen molar-refractivity contribution in [2.24, 2.45) is 0 Å². The lowest BCUT2D eigenvalue weighted by atomic mass is 10.2. The summed E-state index contributed by atoms with van der Waals surface area (Å²) in [7, 11) is -3.66. The van der Waals surface area contributed by atoms with Crippen molar-refractivity contribution in [2.45, 2.75) is 17.7 Å². The number of ether oxygens (including phenoxy) is 1. The zero-order valence-electron chi connectivity index (χ0n) is 11.1. The van der Waals surface area contributed by atoms with Gasteiger partial charge in [0.25, 0.3) is 10.0 Å². The van der Waals surface area contributed by atoms with Crippen molar-refractivity contribution >= 4 is 54.6 Å². The second kappa shape index (κ2) is 7.11. The van der Waals surface area contributed by atoms with Crippen molar-refractivity contribution in [2.75, 3.05) is 11.3 Å². The van der Waals surface area contributed by atoms with E-state index in [4.69, 9.17) is 16.3 Å². The molecule has 0 aliphatic carbocycles. The molecule has 0 radical (unpaired) electrons. The number of thiophene rings is 1. The van der Waals surface area contributed by atoms with Crippen molar-refractivity contribution in [1.82, 2.24) is 0 Å². The van der Waals surface area contributed by atoms with Crippen LogP contribution in [0, 0.1) is 0 Å². The average molecular weight is 411 g/mol. The maximum absolute atomic E-state index is 12.4. The molecule has 0 amide bonds. The Hall–Kier alpha value is -0.600. The molecule has 1 N–H and O–H groups in total. The number of anilines is 1. The van der Waals surface area contributed by atoms with Crippen LogP contribution in [0.25, 0.3) is 0 Å². The number of hydrogen-bond acceptors (Lipinski definition) is 4. The summed E-state index contributed by atoms with van der Waals surface area (Å²) < 4.78 is 33.4. The molecule has 0 saturated carbocycles. The van der Waals surface area contributed by atoms with Crippen LogP contribution < -0.4 is 4.72 Å². The number of rotatable bonds is 6. The fourth-order valence-electron chi connectivity index (χ4n) is 1.61. The zero-order valence-corrected chi connectivity index (χ0v) is 15.1. The number of halogens is 2. The van der Waals surface area contributed by atoms with E-state index in [-0.39, 0.29) is 4.21 Å². The molecule has 1 heterocycles. The highest BCUT2D eigenvalue weighted by molar-refractivity contribution is 9.11. The summed E-state index contributed by atoms with van der Waals surface area (Å²) >= 11 is 10.2. The largest absolute Gasteiger partial charge is 0.377 e. The molecule has 1 aromatic carbocycles. The van der Waals surface area contributed by atoms with E-state index in [1.807, 2.05) is 19.1 Å². The Bertz CT molecular complexity index is 711. The van der Waals surface area contributed by atoms with Crippen LogP contribution in [0.15, 0.2) is 38.3 Å². The molecule has 0 spiro atoms. The van der Waals surface area contributed by atoms with Crippen LogP contribution in [0.1, 0.15) is 12.5 Å². The zero-order chi connectivity index (χ0) is 15.5. The highest BCUT2D eigenvalue weighted by Gasteiger charge is 2.20. The third kappa shape index (κ3) is 4.20. The summed E-state index contributed by atoms with van der Waals surface area (Å²) in [5.74, 6) is 0. The van der Waals surface area contributed by atoms with Gasteiger partial charge in [-0.15, -0.1) is 11.3 Å². The SMILES string of the molecule is CCOCc1ccccc1NS(=O)(=O)c1cc(Cl)c(Br)s1. The highest BCUT2D eigenvalue weighted by atomic mass is 79.9. The average Bonchev–Trinajstić information content (AvgIpc) is 2.78. The van der Waals surface area contributed by atoms with Crippen LogP contribution in [0.2, 0.25) is 5.02 Å². The maximum atomic E-state index is 12.4. The second-order valence-electron chi connectivity index (χ2n) is 4.09. The summed E-state index contributed by atoms with van der Waals surface area (Å²) in [6, 6.07) is 8.56. The van der Waals surface area contributed by atoms with Gasteiger partial charge in [0, 0.05) is 12.2 Å². The molecule has 4 nitrogen and oxygen atoms in total. The molecule has 0 bridgehead atoms. The molecule has 0 unspecified atom stereocenters. The van der Waals surface area contributed by atoms with Gasteiger partial charge in [-0.3, -0.25) is 4.72 Å². The lowest BCUT2D eigenvalue weighted by Gasteiger charge is -2.11. The van der Waals surface area contributed by atoms with Crippen molar-refractivity contribution < 1.29 is 13.2 Å². The molecule has 0 aliphatic rings. The Morgan fingerprint density at radius 3 is 2.71 bits per heavy atom. The van der Waals surface area contributed by atoms with Crippen LogP contribution in [-0.4, -0.2) is 15.0 Å². The van der Waals surface area contributed by atoms with Gasteiger partial charge in [-0.25, -0.2) is 8.42 Å². The van der Waals surface area contributed by atoms with E-state index in [1.54, 1.807) is 12.1 Å². The van der Waals surface area contributed by atoms with Gasteiger partial charge < -0.3 is 4.74 Å². The second-order valence-corrected chi connectivity index (χ2v) is 8.77. The predicted molar refractivity (Wildman–Crippen MR) is 89.6 cm³/mol. The molecule has 1 aromatic heterocycles. The molecule has 8 heteroatoms. The third-order valence-electron chi connectivity index (χ3n) is 2.61. The fourth-order valence-corrected chi connectivity index (χ4v) is 5.11. The molecule has 2 aromatic rings. The van der Waals surface area contributed by atoms with Gasteiger partial charge in [-0.1, -0.05) is 29.8 Å². The number of para-hydroxylation sites is 1. The molecular weight excluding hydrogens is 398 g/mol. The standard InChI is InChI=1S/C13H13BrClNO3S2/c1-2-19-8-9-5-3-4-6-11(9)16-21(17,18)12-7-10(15)13(14)20-12/h3-7,16H,2,8H2,1H3. The van der Waals surface area contributed by atoms with Gasteiger partial charge in [-0.2, -0.15) is 0 Å². The Labute approximate surface area is 141 Å². The van der Waals surface area contributed by atoms with E-state index in [1.165, 1.54) is 6.07 Å². The quantitative estimate of drug-likeness (QED) is 0.763. The van der Waals surface area contributed by atoms with Gasteiger partial charge in [0.1, 0.15) is 4.21 Å². The lowest BCUT2D eigenvalue weighted by Crippen LogP contribution is -2.13. The first-order valence-electron chi connectivity index (χ1n) is 6.07. The first kappa shape index (κ1) is 16.8. The van der Waals surface area contributed by atoms with E-state index < -0.39 is 10.0 Å². The predicted octanol–water partition coefficient (Wildman–Crippen LogP) is 4.50. The molecular formula is C13H13BrClNO3S2. The number of benzene rings is 1. The minimum absolute atomic E-state index is 0.158. The molecule has 0 atom stereocenters. The maximum Gasteiger partial charge on any atom is 0.271 e. The van der Waals surface area contributed by atoms with E-state index in [2.05, 4.69) is 20.7 Å². The summed E-state index contributed by atoms with van der Waals surface area (Å²) in [4.78, 5) is 0. The summed E-state index contributed by atoms with van der Waals surface area (Å²) in [6.07, 6.45) is 0. The van der Waals surface area contributed by atoms with Crippen LogP contribution in [0.3, 0.4) is 0 Å². The van der Waals surface area contributed by atoms with Gasteiger partial charge >= 0.3 is 0 Å². The van der Waals surface area contributed by atoms with Gasteiger partial charge in [0.2, 0.25) is 0 Å². The summed E-state index contributed by atoms with van der Waals surface area (Å²) in [5, 5.41) is 0.378. The van der Waals surface area contributed by atoms with Crippen LogP contribution in [0.5, 0.6) is 0 Å².